The van der Waals surface area contributed by atoms with Gasteiger partial charge >= 0.3 is 0 Å². The number of carbonyl (C=O) groups is 2. The Morgan fingerprint density at radius 1 is 1.30 bits per heavy atom. The molecule has 5 rings (SSSR count). The molecule has 12 nitrogen and oxygen atoms in total. The Bertz CT molecular complexity index is 1680. The summed E-state index contributed by atoms with van der Waals surface area (Å²) < 4.78 is 15.4. The fourth-order valence-corrected chi connectivity index (χ4v) is 5.06. The third-order valence-corrected chi connectivity index (χ3v) is 6.87. The maximum absolute atomic E-state index is 13.0. The normalized spacial score (nSPS) is 13.5. The first kappa shape index (κ1) is 28.2. The van der Waals surface area contributed by atoms with Crippen LogP contribution < -0.4 is 21.9 Å². The number of halogens is 1. The average Bonchev–Trinajstić information content (AvgIpc) is 3.53. The van der Waals surface area contributed by atoms with Crippen LogP contribution in [0.4, 0.5) is 15.9 Å². The van der Waals surface area contributed by atoms with Crippen molar-refractivity contribution in [2.45, 2.75) is 39.3 Å². The zero-order valence-electron chi connectivity index (χ0n) is 21.6. The van der Waals surface area contributed by atoms with Gasteiger partial charge in [-0.2, -0.15) is 0 Å². The summed E-state index contributed by atoms with van der Waals surface area (Å²) in [6.45, 7) is 3.84. The Hall–Kier alpha value is -4.85. The molecule has 1 unspecified atom stereocenters. The molecule has 5 N–H and O–H groups in total. The zero-order valence-corrected chi connectivity index (χ0v) is 22.5. The van der Waals surface area contributed by atoms with Crippen molar-refractivity contribution in [2.24, 2.45) is 4.99 Å². The number of amides is 2. The Kier molecular flexibility index (Phi) is 8.69. The summed E-state index contributed by atoms with van der Waals surface area (Å²) in [7, 11) is 0. The number of fused-ring (bicyclic) bond motifs is 2. The van der Waals surface area contributed by atoms with Crippen molar-refractivity contribution in [1.82, 2.24) is 24.8 Å². The lowest BCUT2D eigenvalue weighted by molar-refractivity contribution is -0.124. The molecule has 1 aliphatic rings. The Labute approximate surface area is 231 Å². The monoisotopic (exact) mass is 563 g/mol. The van der Waals surface area contributed by atoms with Crippen LogP contribution in [-0.2, 0) is 22.6 Å². The second-order valence-electron chi connectivity index (χ2n) is 8.90. The SMILES string of the molecule is CC(C)=NC(=N)c1ncccc1F.Nc1cc2sc(CNC(=O)C3CCc4ncc(NC=O)c(=O)n43)cc2cn1. The fourth-order valence-electron chi connectivity index (χ4n) is 4.03. The van der Waals surface area contributed by atoms with Gasteiger partial charge in [-0.1, -0.05) is 0 Å². The van der Waals surface area contributed by atoms with Gasteiger partial charge in [0.25, 0.3) is 5.56 Å². The van der Waals surface area contributed by atoms with E-state index in [1.54, 1.807) is 26.1 Å². The molecule has 0 aromatic carbocycles. The minimum absolute atomic E-state index is 0.0105. The number of aryl methyl sites for hydroxylation is 1. The van der Waals surface area contributed by atoms with Gasteiger partial charge in [0.05, 0.1) is 12.7 Å². The standard InChI is InChI=1S/C17H16N6O3S.C9H10FN3/c18-14-4-13-9(5-19-14)3-10(27-13)6-21-16(25)12-1-2-15-20-7-11(22-8-24)17(26)23(12)15;1-6(2)13-9(11)8-7(10)4-3-5-12-8/h3-5,7-8,12H,1-2,6H2,(H2,18,19)(H,21,25)(H,22,24);3-5,11H,1-2H3. The number of aromatic nitrogens is 4. The minimum Gasteiger partial charge on any atom is -0.384 e. The molecule has 0 aliphatic carbocycles. The van der Waals surface area contributed by atoms with Crippen molar-refractivity contribution in [3.8, 4) is 0 Å². The first-order valence-electron chi connectivity index (χ1n) is 12.1. The lowest BCUT2D eigenvalue weighted by Gasteiger charge is -2.14. The van der Waals surface area contributed by atoms with Gasteiger partial charge in [-0.3, -0.25) is 24.4 Å². The Balaban J connectivity index is 0.000000240. The lowest BCUT2D eigenvalue weighted by atomic mass is 10.2. The molecule has 14 heteroatoms. The van der Waals surface area contributed by atoms with E-state index in [1.807, 2.05) is 6.07 Å². The van der Waals surface area contributed by atoms with Crippen LogP contribution in [0.3, 0.4) is 0 Å². The number of hydrogen-bond donors (Lipinski definition) is 4. The van der Waals surface area contributed by atoms with Gasteiger partial charge in [-0.25, -0.2) is 24.3 Å². The highest BCUT2D eigenvalue weighted by Gasteiger charge is 2.31. The number of anilines is 2. The molecule has 4 aromatic heterocycles. The minimum atomic E-state index is -0.639. The van der Waals surface area contributed by atoms with Crippen LogP contribution in [-0.4, -0.2) is 43.4 Å². The molecule has 40 heavy (non-hydrogen) atoms. The van der Waals surface area contributed by atoms with E-state index in [0.717, 1.165) is 15.0 Å². The number of pyridine rings is 2. The molecule has 206 valence electrons. The van der Waals surface area contributed by atoms with Crippen molar-refractivity contribution in [2.75, 3.05) is 11.1 Å². The van der Waals surface area contributed by atoms with Crippen LogP contribution in [0.2, 0.25) is 0 Å². The third kappa shape index (κ3) is 6.40. The summed E-state index contributed by atoms with van der Waals surface area (Å²) in [4.78, 5) is 52.5. The molecule has 5 heterocycles. The molecule has 0 spiro atoms. The molecule has 0 saturated heterocycles. The van der Waals surface area contributed by atoms with Crippen LogP contribution in [0.1, 0.15) is 42.7 Å². The summed E-state index contributed by atoms with van der Waals surface area (Å²) in [6.07, 6.45) is 5.90. The first-order valence-corrected chi connectivity index (χ1v) is 12.9. The van der Waals surface area contributed by atoms with E-state index >= 15 is 0 Å². The van der Waals surface area contributed by atoms with Crippen LogP contribution in [0.15, 0.2) is 52.6 Å². The summed E-state index contributed by atoms with van der Waals surface area (Å²) in [5, 5.41) is 13.6. The van der Waals surface area contributed by atoms with Crippen molar-refractivity contribution < 1.29 is 14.0 Å². The highest BCUT2D eigenvalue weighted by molar-refractivity contribution is 7.19. The Morgan fingerprint density at radius 3 is 2.83 bits per heavy atom. The summed E-state index contributed by atoms with van der Waals surface area (Å²) in [5.74, 6) is 0.0840. The Morgan fingerprint density at radius 2 is 2.10 bits per heavy atom. The predicted octanol–water partition coefficient (Wildman–Crippen LogP) is 2.83. The van der Waals surface area contributed by atoms with Gasteiger partial charge in [-0.05, 0) is 44.5 Å². The number of thiophene rings is 1. The second-order valence-corrected chi connectivity index (χ2v) is 10.1. The number of nitrogens with two attached hydrogens (primary N) is 1. The van der Waals surface area contributed by atoms with Crippen LogP contribution >= 0.6 is 11.3 Å². The maximum Gasteiger partial charge on any atom is 0.278 e. The third-order valence-electron chi connectivity index (χ3n) is 5.77. The van der Waals surface area contributed by atoms with Crippen molar-refractivity contribution in [3.05, 3.63) is 75.4 Å². The topological polar surface area (TPSA) is 181 Å². The molecular weight excluding hydrogens is 537 g/mol. The van der Waals surface area contributed by atoms with Crippen molar-refractivity contribution in [1.29, 1.82) is 5.41 Å². The molecule has 0 fully saturated rings. The number of nitrogens with one attached hydrogen (secondary N) is 3. The molecule has 1 atom stereocenters. The molecule has 1 aliphatic heterocycles. The van der Waals surface area contributed by atoms with Gasteiger partial charge in [0.15, 0.2) is 11.7 Å². The number of amidine groups is 1. The van der Waals surface area contributed by atoms with Gasteiger partial charge in [0.1, 0.15) is 29.1 Å². The van der Waals surface area contributed by atoms with Crippen molar-refractivity contribution in [3.63, 3.8) is 0 Å². The number of aliphatic imine (C=N–C) groups is 1. The van der Waals surface area contributed by atoms with E-state index < -0.39 is 17.4 Å². The molecule has 0 bridgehead atoms. The number of carbonyl (C=O) groups excluding carboxylic acids is 2. The van der Waals surface area contributed by atoms with Gasteiger partial charge in [0.2, 0.25) is 12.3 Å². The van der Waals surface area contributed by atoms with Gasteiger partial charge in [-0.15, -0.1) is 11.3 Å². The largest absolute Gasteiger partial charge is 0.384 e. The van der Waals surface area contributed by atoms with E-state index in [9.17, 15) is 18.8 Å². The number of nitrogen functional groups attached to an aromatic ring is 1. The number of nitrogens with zero attached hydrogens (tertiary/aromatic N) is 5. The van der Waals surface area contributed by atoms with Crippen LogP contribution in [0.25, 0.3) is 10.1 Å². The summed E-state index contributed by atoms with van der Waals surface area (Å²) in [5.41, 5.74) is 6.02. The van der Waals surface area contributed by atoms with E-state index in [-0.39, 0.29) is 23.1 Å². The van der Waals surface area contributed by atoms with E-state index in [0.29, 0.717) is 43.2 Å². The van der Waals surface area contributed by atoms with Gasteiger partial charge < -0.3 is 16.4 Å². The highest BCUT2D eigenvalue weighted by atomic mass is 32.1. The average molecular weight is 564 g/mol. The molecule has 0 saturated carbocycles. The van der Waals surface area contributed by atoms with E-state index in [2.05, 4.69) is 30.6 Å². The van der Waals surface area contributed by atoms with Crippen LogP contribution in [0.5, 0.6) is 0 Å². The second kappa shape index (κ2) is 12.3. The van der Waals surface area contributed by atoms with Gasteiger partial charge in [0, 0.05) is 39.5 Å². The first-order chi connectivity index (χ1) is 19.2. The highest BCUT2D eigenvalue weighted by Crippen LogP contribution is 2.27. The maximum atomic E-state index is 13.0. The molecular formula is C26H26FN9O3S. The number of rotatable bonds is 6. The summed E-state index contributed by atoms with van der Waals surface area (Å²) in [6, 6.07) is 5.85. The zero-order chi connectivity index (χ0) is 28.8. The predicted molar refractivity (Wildman–Crippen MR) is 151 cm³/mol. The lowest BCUT2D eigenvalue weighted by Crippen LogP contribution is -2.36. The molecule has 2 amide bonds. The smallest absolute Gasteiger partial charge is 0.278 e. The number of hydrogen-bond acceptors (Lipinski definition) is 9. The van der Waals surface area contributed by atoms with E-state index in [4.69, 9.17) is 11.1 Å². The van der Waals surface area contributed by atoms with Crippen molar-refractivity contribution >= 4 is 56.8 Å². The molecule has 4 aromatic rings. The molecule has 0 radical (unpaired) electrons. The summed E-state index contributed by atoms with van der Waals surface area (Å²) >= 11 is 1.53. The fraction of sp³-hybridized carbons (Fsp3) is 0.231. The van der Waals surface area contributed by atoms with E-state index in [1.165, 1.54) is 40.4 Å². The quantitative estimate of drug-likeness (QED) is 0.158. The van der Waals surface area contributed by atoms with Crippen LogP contribution in [0, 0.1) is 11.2 Å².